The number of nitrogens with zero attached hydrogens (tertiary/aromatic N) is 1. The van der Waals surface area contributed by atoms with Crippen LogP contribution in [0.3, 0.4) is 0 Å². The number of hydrogen-bond acceptors (Lipinski definition) is 4. The summed E-state index contributed by atoms with van der Waals surface area (Å²) in [7, 11) is 0. The van der Waals surface area contributed by atoms with Crippen LogP contribution >= 0.6 is 24.0 Å². The summed E-state index contributed by atoms with van der Waals surface area (Å²) in [6.07, 6.45) is -0.834. The molecule has 2 aromatic carbocycles. The largest absolute Gasteiger partial charge is 0.478 e. The van der Waals surface area contributed by atoms with E-state index in [2.05, 4.69) is 10.6 Å². The van der Waals surface area contributed by atoms with Crippen molar-refractivity contribution in [2.45, 2.75) is 18.6 Å². The molecular formula is C20H21Cl2N3O3. The molecule has 2 amide bonds. The number of rotatable bonds is 3. The summed E-state index contributed by atoms with van der Waals surface area (Å²) < 4.78 is 5.77. The Morgan fingerprint density at radius 3 is 2.86 bits per heavy atom. The number of fused-ring (bicyclic) bond motifs is 1. The van der Waals surface area contributed by atoms with E-state index in [-0.39, 0.29) is 36.7 Å². The van der Waals surface area contributed by atoms with Gasteiger partial charge in [-0.1, -0.05) is 35.9 Å². The Labute approximate surface area is 174 Å². The maximum absolute atomic E-state index is 13.0. The van der Waals surface area contributed by atoms with Crippen molar-refractivity contribution in [2.24, 2.45) is 0 Å². The van der Waals surface area contributed by atoms with Crippen LogP contribution in [0.2, 0.25) is 5.02 Å². The predicted molar refractivity (Wildman–Crippen MR) is 110 cm³/mol. The molecule has 0 bridgehead atoms. The van der Waals surface area contributed by atoms with Gasteiger partial charge in [0.1, 0.15) is 5.75 Å². The second kappa shape index (κ2) is 8.82. The molecule has 28 heavy (non-hydrogen) atoms. The van der Waals surface area contributed by atoms with Gasteiger partial charge >= 0.3 is 0 Å². The molecule has 6 nitrogen and oxygen atoms in total. The van der Waals surface area contributed by atoms with Gasteiger partial charge in [-0.05, 0) is 29.8 Å². The second-order valence-corrected chi connectivity index (χ2v) is 7.09. The molecule has 1 fully saturated rings. The van der Waals surface area contributed by atoms with E-state index in [0.717, 1.165) is 5.56 Å². The van der Waals surface area contributed by atoms with E-state index in [1.165, 1.54) is 0 Å². The molecule has 1 saturated heterocycles. The zero-order valence-corrected chi connectivity index (χ0v) is 16.6. The number of nitrogens with one attached hydrogen (secondary N) is 2. The van der Waals surface area contributed by atoms with Crippen molar-refractivity contribution in [1.82, 2.24) is 10.2 Å². The number of carbonyl (C=O) groups excluding carboxylic acids is 2. The van der Waals surface area contributed by atoms with Gasteiger partial charge in [-0.15, -0.1) is 12.4 Å². The number of para-hydroxylation sites is 2. The van der Waals surface area contributed by atoms with Crippen LogP contribution < -0.4 is 15.4 Å². The molecule has 2 aliphatic rings. The zero-order valence-electron chi connectivity index (χ0n) is 15.1. The lowest BCUT2D eigenvalue weighted by Crippen LogP contribution is -2.50. The molecule has 2 aliphatic heterocycles. The lowest BCUT2D eigenvalue weighted by atomic mass is 10.0. The van der Waals surface area contributed by atoms with Gasteiger partial charge in [0.2, 0.25) is 5.91 Å². The fourth-order valence-electron chi connectivity index (χ4n) is 3.52. The fraction of sp³-hybridized carbons (Fsp3) is 0.300. The smallest absolute Gasteiger partial charge is 0.266 e. The van der Waals surface area contributed by atoms with E-state index in [1.54, 1.807) is 17.0 Å². The minimum atomic E-state index is -0.831. The van der Waals surface area contributed by atoms with Gasteiger partial charge in [-0.2, -0.15) is 0 Å². The number of hydrogen-bond donors (Lipinski definition) is 2. The topological polar surface area (TPSA) is 70.7 Å². The number of benzene rings is 2. The molecule has 0 aliphatic carbocycles. The highest BCUT2D eigenvalue weighted by atomic mass is 35.5. The van der Waals surface area contributed by atoms with Crippen LogP contribution in [0.4, 0.5) is 5.69 Å². The van der Waals surface area contributed by atoms with Crippen molar-refractivity contribution in [3.63, 3.8) is 0 Å². The Morgan fingerprint density at radius 2 is 2.04 bits per heavy atom. The highest BCUT2D eigenvalue weighted by Crippen LogP contribution is 2.31. The van der Waals surface area contributed by atoms with Gasteiger partial charge in [-0.3, -0.25) is 9.59 Å². The van der Waals surface area contributed by atoms with Crippen LogP contribution in [-0.2, 0) is 9.59 Å². The number of carbonyl (C=O) groups is 2. The monoisotopic (exact) mass is 421 g/mol. The Kier molecular flexibility index (Phi) is 6.44. The lowest BCUT2D eigenvalue weighted by Gasteiger charge is -2.37. The maximum Gasteiger partial charge on any atom is 0.266 e. The summed E-state index contributed by atoms with van der Waals surface area (Å²) in [5, 5.41) is 6.76. The standard InChI is InChI=1S/C20H20ClN3O3.ClH/c21-14-5-3-4-13(10-14)16-12-22-8-9-24(16)19(25)11-18-20(26)23-15-6-1-2-7-17(15)27-18;/h1-7,10,16,18,22H,8-9,11-12H2,(H,23,26);1H. The van der Waals surface area contributed by atoms with Crippen LogP contribution in [0.5, 0.6) is 5.75 Å². The highest BCUT2D eigenvalue weighted by Gasteiger charge is 2.34. The van der Waals surface area contributed by atoms with Crippen molar-refractivity contribution in [3.05, 3.63) is 59.1 Å². The van der Waals surface area contributed by atoms with E-state index in [1.807, 2.05) is 36.4 Å². The molecule has 0 spiro atoms. The van der Waals surface area contributed by atoms with Gasteiger partial charge in [0.05, 0.1) is 18.2 Å². The van der Waals surface area contributed by atoms with Crippen molar-refractivity contribution in [2.75, 3.05) is 25.0 Å². The molecule has 2 heterocycles. The summed E-state index contributed by atoms with van der Waals surface area (Å²) in [4.78, 5) is 27.1. The minimum Gasteiger partial charge on any atom is -0.478 e. The third kappa shape index (κ3) is 4.24. The Balaban J connectivity index is 0.00000225. The first kappa shape index (κ1) is 20.5. The Bertz CT molecular complexity index is 877. The van der Waals surface area contributed by atoms with Crippen LogP contribution in [0.15, 0.2) is 48.5 Å². The number of piperazine rings is 1. The fourth-order valence-corrected chi connectivity index (χ4v) is 3.72. The van der Waals surface area contributed by atoms with Gasteiger partial charge < -0.3 is 20.3 Å². The first-order chi connectivity index (χ1) is 13.1. The first-order valence-corrected chi connectivity index (χ1v) is 9.32. The number of amides is 2. The number of halogens is 2. The molecule has 0 saturated carbocycles. The maximum atomic E-state index is 13.0. The molecule has 0 radical (unpaired) electrons. The SMILES string of the molecule is Cl.O=C1Nc2ccccc2OC1CC(=O)N1CCNCC1c1cccc(Cl)c1. The van der Waals surface area contributed by atoms with Crippen molar-refractivity contribution >= 4 is 41.5 Å². The molecule has 0 aromatic heterocycles. The average molecular weight is 422 g/mol. The minimum absolute atomic E-state index is 0. The highest BCUT2D eigenvalue weighted by molar-refractivity contribution is 6.30. The van der Waals surface area contributed by atoms with E-state index in [4.69, 9.17) is 16.3 Å². The van der Waals surface area contributed by atoms with Crippen molar-refractivity contribution in [1.29, 1.82) is 0 Å². The molecule has 2 N–H and O–H groups in total. The molecule has 2 atom stereocenters. The molecule has 8 heteroatoms. The average Bonchev–Trinajstić information content (AvgIpc) is 2.68. The van der Waals surface area contributed by atoms with Gasteiger partial charge in [0.25, 0.3) is 5.91 Å². The van der Waals surface area contributed by atoms with Crippen LogP contribution in [0.1, 0.15) is 18.0 Å². The summed E-state index contributed by atoms with van der Waals surface area (Å²) in [5.41, 5.74) is 1.60. The summed E-state index contributed by atoms with van der Waals surface area (Å²) in [6.45, 7) is 1.93. The third-order valence-corrected chi connectivity index (χ3v) is 5.10. The van der Waals surface area contributed by atoms with E-state index in [0.29, 0.717) is 36.1 Å². The van der Waals surface area contributed by atoms with Gasteiger partial charge in [0, 0.05) is 24.7 Å². The number of ether oxygens (including phenoxy) is 1. The quantitative estimate of drug-likeness (QED) is 0.798. The summed E-state index contributed by atoms with van der Waals surface area (Å²) in [5.74, 6) is 0.180. The normalized spacial score (nSPS) is 21.0. The van der Waals surface area contributed by atoms with Crippen molar-refractivity contribution in [3.8, 4) is 5.75 Å². The van der Waals surface area contributed by atoms with Gasteiger partial charge in [-0.25, -0.2) is 0 Å². The second-order valence-electron chi connectivity index (χ2n) is 6.66. The Morgan fingerprint density at radius 1 is 1.21 bits per heavy atom. The van der Waals surface area contributed by atoms with Crippen LogP contribution in [0.25, 0.3) is 0 Å². The molecular weight excluding hydrogens is 401 g/mol. The third-order valence-electron chi connectivity index (χ3n) is 4.86. The summed E-state index contributed by atoms with van der Waals surface area (Å²) in [6, 6.07) is 14.6. The Hall–Kier alpha value is -2.28. The number of anilines is 1. The molecule has 4 rings (SSSR count). The van der Waals surface area contributed by atoms with Crippen LogP contribution in [0, 0.1) is 0 Å². The lowest BCUT2D eigenvalue weighted by molar-refractivity contribution is -0.139. The molecule has 2 aromatic rings. The van der Waals surface area contributed by atoms with E-state index < -0.39 is 6.10 Å². The van der Waals surface area contributed by atoms with E-state index >= 15 is 0 Å². The molecule has 2 unspecified atom stereocenters. The first-order valence-electron chi connectivity index (χ1n) is 8.94. The van der Waals surface area contributed by atoms with Crippen LogP contribution in [-0.4, -0.2) is 42.5 Å². The summed E-state index contributed by atoms with van der Waals surface area (Å²) >= 11 is 6.12. The zero-order chi connectivity index (χ0) is 18.8. The predicted octanol–water partition coefficient (Wildman–Crippen LogP) is 3.02. The van der Waals surface area contributed by atoms with E-state index in [9.17, 15) is 9.59 Å². The molecule has 148 valence electrons. The van der Waals surface area contributed by atoms with Gasteiger partial charge in [0.15, 0.2) is 6.10 Å². The van der Waals surface area contributed by atoms with Crippen molar-refractivity contribution < 1.29 is 14.3 Å².